The molecule has 0 fully saturated rings. The molecule has 2 aromatic carbocycles. The number of aromatic nitrogens is 2. The lowest BCUT2D eigenvalue weighted by molar-refractivity contribution is 0.0936. The Morgan fingerprint density at radius 2 is 1.72 bits per heavy atom. The van der Waals surface area contributed by atoms with E-state index in [0.29, 0.717) is 22.9 Å². The van der Waals surface area contributed by atoms with Crippen LogP contribution < -0.4 is 0 Å². The smallest absolute Gasteiger partial charge is 0.134 e. The molecule has 0 saturated heterocycles. The molecule has 1 aromatic heterocycles. The van der Waals surface area contributed by atoms with Gasteiger partial charge in [-0.2, -0.15) is 5.10 Å². The van der Waals surface area contributed by atoms with Crippen molar-refractivity contribution in [2.24, 2.45) is 0 Å². The van der Waals surface area contributed by atoms with Gasteiger partial charge in [-0.05, 0) is 44.2 Å². The maximum atomic E-state index is 14.2. The molecular weight excluding hydrogens is 353 g/mol. The summed E-state index contributed by atoms with van der Waals surface area (Å²) in [5.41, 5.74) is -0.476. The first-order chi connectivity index (χ1) is 11.7. The number of benzene rings is 2. The van der Waals surface area contributed by atoms with Gasteiger partial charge in [0.25, 0.3) is 0 Å². The summed E-state index contributed by atoms with van der Waals surface area (Å²) in [5.74, 6) is -2.16. The molecule has 0 spiro atoms. The van der Waals surface area contributed by atoms with Crippen LogP contribution in [0.25, 0.3) is 11.1 Å². The number of rotatable bonds is 3. The highest BCUT2D eigenvalue weighted by Gasteiger charge is 2.35. The number of aromatic amines is 1. The molecule has 0 saturated carbocycles. The van der Waals surface area contributed by atoms with Gasteiger partial charge < -0.3 is 5.11 Å². The second-order valence-corrected chi connectivity index (χ2v) is 6.30. The summed E-state index contributed by atoms with van der Waals surface area (Å²) in [6.07, 6.45) is 0. The third-order valence-electron chi connectivity index (χ3n) is 4.06. The molecule has 25 heavy (non-hydrogen) atoms. The fourth-order valence-corrected chi connectivity index (χ4v) is 3.08. The predicted octanol–water partition coefficient (Wildman–Crippen LogP) is 4.71. The Morgan fingerprint density at radius 3 is 2.36 bits per heavy atom. The standard InChI is InChI=1S/C18H14ClF3N2O/c1-9-16(12-5-3-10(20)7-14(12)19)17(24-23-9)18(2,25)13-6-4-11(21)8-15(13)22/h3-8,25H,1-2H3,(H,23,24). The van der Waals surface area contributed by atoms with Crippen molar-refractivity contribution in [3.05, 3.63) is 75.8 Å². The molecule has 0 aliphatic heterocycles. The zero-order chi connectivity index (χ0) is 18.4. The molecule has 3 aromatic rings. The SMILES string of the molecule is Cc1[nH]nc(C(C)(O)c2ccc(F)cc2F)c1-c1ccc(F)cc1Cl. The molecule has 2 N–H and O–H groups in total. The van der Waals surface area contributed by atoms with Crippen molar-refractivity contribution >= 4 is 11.6 Å². The normalized spacial score (nSPS) is 13.7. The maximum Gasteiger partial charge on any atom is 0.134 e. The van der Waals surface area contributed by atoms with E-state index in [1.807, 2.05) is 0 Å². The number of nitrogens with one attached hydrogen (secondary N) is 1. The van der Waals surface area contributed by atoms with Crippen molar-refractivity contribution in [1.82, 2.24) is 10.2 Å². The molecule has 1 unspecified atom stereocenters. The number of halogens is 4. The van der Waals surface area contributed by atoms with E-state index in [-0.39, 0.29) is 16.3 Å². The second kappa shape index (κ2) is 6.20. The Morgan fingerprint density at radius 1 is 1.08 bits per heavy atom. The van der Waals surface area contributed by atoms with E-state index in [9.17, 15) is 18.3 Å². The Labute approximate surface area is 147 Å². The van der Waals surface area contributed by atoms with E-state index >= 15 is 0 Å². The van der Waals surface area contributed by atoms with E-state index in [2.05, 4.69) is 10.2 Å². The van der Waals surface area contributed by atoms with Crippen molar-refractivity contribution in [3.63, 3.8) is 0 Å². The van der Waals surface area contributed by atoms with Crippen LogP contribution in [0.1, 0.15) is 23.9 Å². The highest BCUT2D eigenvalue weighted by Crippen LogP contribution is 2.40. The summed E-state index contributed by atoms with van der Waals surface area (Å²) in [6, 6.07) is 6.72. The van der Waals surface area contributed by atoms with Crippen LogP contribution in [-0.2, 0) is 5.60 Å². The Hall–Kier alpha value is -2.31. The summed E-state index contributed by atoms with van der Waals surface area (Å²) >= 11 is 6.13. The van der Waals surface area contributed by atoms with Crippen LogP contribution in [-0.4, -0.2) is 15.3 Å². The summed E-state index contributed by atoms with van der Waals surface area (Å²) in [6.45, 7) is 3.04. The van der Waals surface area contributed by atoms with Crippen LogP contribution in [0, 0.1) is 24.4 Å². The molecule has 1 heterocycles. The quantitative estimate of drug-likeness (QED) is 0.705. The Bertz CT molecular complexity index is 953. The molecule has 7 heteroatoms. The fourth-order valence-electron chi connectivity index (χ4n) is 2.82. The van der Waals surface area contributed by atoms with E-state index < -0.39 is 23.1 Å². The first kappa shape index (κ1) is 17.5. The van der Waals surface area contributed by atoms with Gasteiger partial charge in [-0.1, -0.05) is 11.6 Å². The Balaban J connectivity index is 2.21. The van der Waals surface area contributed by atoms with E-state index in [4.69, 9.17) is 11.6 Å². The number of hydrogen-bond donors (Lipinski definition) is 2. The van der Waals surface area contributed by atoms with Crippen molar-refractivity contribution in [2.45, 2.75) is 19.4 Å². The zero-order valence-corrected chi connectivity index (χ0v) is 14.1. The molecule has 0 radical (unpaired) electrons. The fraction of sp³-hybridized carbons (Fsp3) is 0.167. The van der Waals surface area contributed by atoms with Gasteiger partial charge in [0.05, 0.1) is 5.02 Å². The van der Waals surface area contributed by atoms with E-state index in [1.54, 1.807) is 6.92 Å². The van der Waals surface area contributed by atoms with Crippen LogP contribution in [0.5, 0.6) is 0 Å². The van der Waals surface area contributed by atoms with Gasteiger partial charge in [0.15, 0.2) is 0 Å². The first-order valence-electron chi connectivity index (χ1n) is 7.40. The number of aliphatic hydroxyl groups is 1. The van der Waals surface area contributed by atoms with Crippen LogP contribution >= 0.6 is 11.6 Å². The molecule has 0 bridgehead atoms. The van der Waals surface area contributed by atoms with Gasteiger partial charge in [-0.3, -0.25) is 5.10 Å². The minimum absolute atomic E-state index is 0.101. The summed E-state index contributed by atoms with van der Waals surface area (Å²) in [7, 11) is 0. The second-order valence-electron chi connectivity index (χ2n) is 5.89. The minimum Gasteiger partial charge on any atom is -0.379 e. The van der Waals surface area contributed by atoms with Gasteiger partial charge in [0.1, 0.15) is 28.7 Å². The van der Waals surface area contributed by atoms with Crippen molar-refractivity contribution in [1.29, 1.82) is 0 Å². The van der Waals surface area contributed by atoms with Crippen LogP contribution in [0.3, 0.4) is 0 Å². The molecule has 0 aliphatic rings. The lowest BCUT2D eigenvalue weighted by atomic mass is 9.87. The molecule has 0 aliphatic carbocycles. The van der Waals surface area contributed by atoms with Gasteiger partial charge >= 0.3 is 0 Å². The van der Waals surface area contributed by atoms with Crippen molar-refractivity contribution in [3.8, 4) is 11.1 Å². The van der Waals surface area contributed by atoms with Crippen LogP contribution in [0.4, 0.5) is 13.2 Å². The number of H-pyrrole nitrogens is 1. The average molecular weight is 367 g/mol. The first-order valence-corrected chi connectivity index (χ1v) is 7.78. The average Bonchev–Trinajstić information content (AvgIpc) is 2.89. The van der Waals surface area contributed by atoms with Crippen molar-refractivity contribution in [2.75, 3.05) is 0 Å². The van der Waals surface area contributed by atoms with Gasteiger partial charge in [0, 0.05) is 28.5 Å². The zero-order valence-electron chi connectivity index (χ0n) is 13.4. The van der Waals surface area contributed by atoms with E-state index in [1.165, 1.54) is 19.1 Å². The number of nitrogens with zero attached hydrogens (tertiary/aromatic N) is 1. The molecule has 130 valence electrons. The van der Waals surface area contributed by atoms with Crippen LogP contribution in [0.15, 0.2) is 36.4 Å². The largest absolute Gasteiger partial charge is 0.379 e. The summed E-state index contributed by atoms with van der Waals surface area (Å²) < 4.78 is 40.7. The molecule has 1 atom stereocenters. The maximum absolute atomic E-state index is 14.2. The summed E-state index contributed by atoms with van der Waals surface area (Å²) in [5, 5.41) is 17.9. The Kier molecular flexibility index (Phi) is 4.34. The molecular formula is C18H14ClF3N2O. The lowest BCUT2D eigenvalue weighted by Gasteiger charge is -2.24. The minimum atomic E-state index is -1.87. The summed E-state index contributed by atoms with van der Waals surface area (Å²) in [4.78, 5) is 0. The molecule has 3 nitrogen and oxygen atoms in total. The molecule has 3 rings (SSSR count). The monoisotopic (exact) mass is 366 g/mol. The number of aryl methyl sites for hydroxylation is 1. The third kappa shape index (κ3) is 3.03. The van der Waals surface area contributed by atoms with Gasteiger partial charge in [-0.15, -0.1) is 0 Å². The lowest BCUT2D eigenvalue weighted by Crippen LogP contribution is -2.26. The third-order valence-corrected chi connectivity index (χ3v) is 4.38. The molecule has 0 amide bonds. The highest BCUT2D eigenvalue weighted by molar-refractivity contribution is 6.33. The number of hydrogen-bond acceptors (Lipinski definition) is 2. The van der Waals surface area contributed by atoms with Crippen molar-refractivity contribution < 1.29 is 18.3 Å². The van der Waals surface area contributed by atoms with Crippen LogP contribution in [0.2, 0.25) is 5.02 Å². The van der Waals surface area contributed by atoms with Gasteiger partial charge in [0.2, 0.25) is 0 Å². The van der Waals surface area contributed by atoms with Gasteiger partial charge in [-0.25, -0.2) is 13.2 Å². The highest BCUT2D eigenvalue weighted by atomic mass is 35.5. The topological polar surface area (TPSA) is 48.9 Å². The predicted molar refractivity (Wildman–Crippen MR) is 88.8 cm³/mol. The van der Waals surface area contributed by atoms with E-state index in [0.717, 1.165) is 18.2 Å².